The Hall–Kier alpha value is -2.49. The molecule has 6 rings (SSSR count). The van der Waals surface area contributed by atoms with E-state index in [0.717, 1.165) is 57.2 Å². The Labute approximate surface area is 224 Å². The first kappa shape index (κ1) is 25.8. The van der Waals surface area contributed by atoms with Gasteiger partial charge in [0.25, 0.3) is 5.91 Å². The first-order valence-electron chi connectivity index (χ1n) is 14.4. The average Bonchev–Trinajstić information content (AvgIpc) is 3.48. The summed E-state index contributed by atoms with van der Waals surface area (Å²) >= 11 is 0. The molecule has 9 nitrogen and oxygen atoms in total. The van der Waals surface area contributed by atoms with Gasteiger partial charge in [0.2, 0.25) is 5.91 Å². The number of benzene rings is 1. The largest absolute Gasteiger partial charge is 0.377 e. The molecule has 2 aliphatic carbocycles. The van der Waals surface area contributed by atoms with Crippen LogP contribution >= 0.6 is 0 Å². The second-order valence-electron chi connectivity index (χ2n) is 11.7. The van der Waals surface area contributed by atoms with Gasteiger partial charge < -0.3 is 24.6 Å². The third-order valence-electron chi connectivity index (χ3n) is 9.57. The summed E-state index contributed by atoms with van der Waals surface area (Å²) in [7, 11) is 1.58. The molecule has 0 aromatic heterocycles. The zero-order valence-corrected chi connectivity index (χ0v) is 22.4. The molecule has 3 saturated heterocycles. The lowest BCUT2D eigenvalue weighted by molar-refractivity contribution is -0.143. The Balaban J connectivity index is 1.14. The molecule has 0 spiro atoms. The summed E-state index contributed by atoms with van der Waals surface area (Å²) in [5.41, 5.74) is 0.669. The first-order valence-corrected chi connectivity index (χ1v) is 14.4. The minimum atomic E-state index is -1.01. The van der Waals surface area contributed by atoms with Crippen molar-refractivity contribution in [2.24, 2.45) is 0 Å². The number of Topliss-reactive ketones (excluding diaryl/α,β-unsaturated/α-hetero) is 1. The molecule has 0 unspecified atom stereocenters. The van der Waals surface area contributed by atoms with Gasteiger partial charge in [-0.1, -0.05) is 25.7 Å². The molecule has 0 radical (unpaired) electrons. The minimum absolute atomic E-state index is 0.000309. The van der Waals surface area contributed by atoms with Crippen molar-refractivity contribution in [3.8, 4) is 0 Å². The molecule has 0 bridgehead atoms. The van der Waals surface area contributed by atoms with Crippen LogP contribution in [-0.4, -0.2) is 104 Å². The van der Waals surface area contributed by atoms with Crippen LogP contribution in [0.2, 0.25) is 0 Å². The number of hydrogen-bond acceptors (Lipinski definition) is 7. The van der Waals surface area contributed by atoms with Crippen LogP contribution in [0.3, 0.4) is 0 Å². The number of carbonyl (C=O) groups excluding carboxylic acids is 3. The highest BCUT2D eigenvalue weighted by Gasteiger charge is 2.56. The maximum atomic E-state index is 14.0. The van der Waals surface area contributed by atoms with E-state index >= 15 is 0 Å². The Morgan fingerprint density at radius 3 is 2.34 bits per heavy atom. The van der Waals surface area contributed by atoms with Crippen LogP contribution in [0.25, 0.3) is 0 Å². The molecular formula is C29H40N4O5. The van der Waals surface area contributed by atoms with Gasteiger partial charge in [-0.15, -0.1) is 0 Å². The number of amides is 2. The van der Waals surface area contributed by atoms with Gasteiger partial charge in [0.05, 0.1) is 6.54 Å². The molecule has 5 fully saturated rings. The summed E-state index contributed by atoms with van der Waals surface area (Å²) in [4.78, 5) is 46.8. The highest BCUT2D eigenvalue weighted by Crippen LogP contribution is 2.36. The van der Waals surface area contributed by atoms with Crippen molar-refractivity contribution in [3.05, 3.63) is 29.8 Å². The third kappa shape index (κ3) is 4.62. The van der Waals surface area contributed by atoms with E-state index in [2.05, 4.69) is 15.1 Å². The van der Waals surface area contributed by atoms with Gasteiger partial charge >= 0.3 is 0 Å². The highest BCUT2D eigenvalue weighted by molar-refractivity contribution is 6.01. The predicted molar refractivity (Wildman–Crippen MR) is 142 cm³/mol. The van der Waals surface area contributed by atoms with Crippen molar-refractivity contribution in [2.75, 3.05) is 51.3 Å². The number of carbonyl (C=O) groups is 3. The molecule has 38 heavy (non-hydrogen) atoms. The van der Waals surface area contributed by atoms with E-state index in [0.29, 0.717) is 24.9 Å². The second kappa shape index (κ2) is 10.6. The molecule has 206 valence electrons. The van der Waals surface area contributed by atoms with Crippen LogP contribution in [-0.2, 0) is 19.1 Å². The molecule has 1 aromatic carbocycles. The Kier molecular flexibility index (Phi) is 7.18. The van der Waals surface area contributed by atoms with Crippen LogP contribution in [0.15, 0.2) is 24.3 Å². The summed E-state index contributed by atoms with van der Waals surface area (Å²) in [5, 5.41) is 3.14. The fourth-order valence-corrected chi connectivity index (χ4v) is 7.06. The van der Waals surface area contributed by atoms with Gasteiger partial charge in [0, 0.05) is 50.6 Å². The number of hydrogen-bond donors (Lipinski definition) is 1. The van der Waals surface area contributed by atoms with Crippen molar-refractivity contribution in [1.29, 1.82) is 0 Å². The quantitative estimate of drug-likeness (QED) is 0.609. The van der Waals surface area contributed by atoms with Crippen molar-refractivity contribution in [2.45, 2.75) is 81.2 Å². The third-order valence-corrected chi connectivity index (χ3v) is 9.57. The van der Waals surface area contributed by atoms with E-state index in [9.17, 15) is 14.4 Å². The Bertz CT molecular complexity index is 1040. The molecule has 5 aliphatic rings. The van der Waals surface area contributed by atoms with E-state index in [4.69, 9.17) is 9.47 Å². The molecule has 3 aliphatic heterocycles. The van der Waals surface area contributed by atoms with Gasteiger partial charge in [0.1, 0.15) is 30.4 Å². The zero-order chi connectivity index (χ0) is 26.3. The zero-order valence-electron chi connectivity index (χ0n) is 22.4. The van der Waals surface area contributed by atoms with Crippen LogP contribution in [0, 0.1) is 0 Å². The van der Waals surface area contributed by atoms with Crippen molar-refractivity contribution < 1.29 is 23.9 Å². The van der Waals surface area contributed by atoms with Crippen LogP contribution in [0.4, 0.5) is 5.69 Å². The summed E-state index contributed by atoms with van der Waals surface area (Å²) in [6, 6.07) is 7.92. The number of ether oxygens (including phenoxy) is 2. The van der Waals surface area contributed by atoms with E-state index in [1.165, 1.54) is 19.3 Å². The number of rotatable bonds is 6. The van der Waals surface area contributed by atoms with E-state index in [1.807, 2.05) is 24.3 Å². The predicted octanol–water partition coefficient (Wildman–Crippen LogP) is 1.99. The maximum absolute atomic E-state index is 14.0. The Morgan fingerprint density at radius 2 is 1.71 bits per heavy atom. The number of ketones is 1. The van der Waals surface area contributed by atoms with Gasteiger partial charge in [-0.05, 0) is 49.9 Å². The lowest BCUT2D eigenvalue weighted by Crippen LogP contribution is -2.62. The topological polar surface area (TPSA) is 91.4 Å². The number of piperazine rings is 1. The van der Waals surface area contributed by atoms with Crippen molar-refractivity contribution in [1.82, 2.24) is 15.1 Å². The van der Waals surface area contributed by atoms with Gasteiger partial charge in [-0.3, -0.25) is 19.3 Å². The molecule has 3 heterocycles. The van der Waals surface area contributed by atoms with Gasteiger partial charge in [-0.25, -0.2) is 0 Å². The smallest absolute Gasteiger partial charge is 0.252 e. The lowest BCUT2D eigenvalue weighted by atomic mass is 9.80. The standard InChI is InChI=1S/C29H40N4O5/c1-37-24-18-33(25-23(34)19-38-26(24)25)28(36)29(12-3-2-4-13-29)30-27(35)20-8-10-22(11-9-20)32-16-14-31(15-17-32)21-6-5-7-21/h8-11,21,24-26H,2-7,12-19H2,1H3,(H,30,35)/t24-,25-,26-/m1/s1. The van der Waals surface area contributed by atoms with E-state index in [-0.39, 0.29) is 30.3 Å². The van der Waals surface area contributed by atoms with E-state index in [1.54, 1.807) is 12.0 Å². The summed E-state index contributed by atoms with van der Waals surface area (Å²) < 4.78 is 11.2. The van der Waals surface area contributed by atoms with Crippen LogP contribution in [0.5, 0.6) is 0 Å². The monoisotopic (exact) mass is 524 g/mol. The normalized spacial score (nSPS) is 29.7. The fraction of sp³-hybridized carbons (Fsp3) is 0.690. The number of fused-ring (bicyclic) bond motifs is 1. The molecule has 3 atom stereocenters. The number of anilines is 1. The molecule has 2 amide bonds. The molecule has 1 N–H and O–H groups in total. The fourth-order valence-electron chi connectivity index (χ4n) is 7.06. The van der Waals surface area contributed by atoms with Gasteiger partial charge in [0.15, 0.2) is 5.78 Å². The average molecular weight is 525 g/mol. The molecule has 9 heteroatoms. The summed E-state index contributed by atoms with van der Waals surface area (Å²) in [6.45, 7) is 4.49. The van der Waals surface area contributed by atoms with E-state index < -0.39 is 17.7 Å². The number of methoxy groups -OCH3 is 1. The number of likely N-dealkylation sites (tertiary alicyclic amines) is 1. The van der Waals surface area contributed by atoms with Crippen LogP contribution in [0.1, 0.15) is 61.7 Å². The lowest BCUT2D eigenvalue weighted by Gasteiger charge is -2.43. The summed E-state index contributed by atoms with van der Waals surface area (Å²) in [6.07, 6.45) is 7.15. The maximum Gasteiger partial charge on any atom is 0.252 e. The van der Waals surface area contributed by atoms with Crippen molar-refractivity contribution >= 4 is 23.3 Å². The molecule has 2 saturated carbocycles. The summed E-state index contributed by atoms with van der Waals surface area (Å²) in [5.74, 6) is -0.515. The second-order valence-corrected chi connectivity index (χ2v) is 11.7. The first-order chi connectivity index (χ1) is 18.5. The number of nitrogens with one attached hydrogen (secondary N) is 1. The highest BCUT2D eigenvalue weighted by atomic mass is 16.5. The number of nitrogens with zero attached hydrogens (tertiary/aromatic N) is 3. The van der Waals surface area contributed by atoms with Crippen molar-refractivity contribution in [3.63, 3.8) is 0 Å². The van der Waals surface area contributed by atoms with Gasteiger partial charge in [-0.2, -0.15) is 0 Å². The van der Waals surface area contributed by atoms with Crippen LogP contribution < -0.4 is 10.2 Å². The molecular weight excluding hydrogens is 484 g/mol. The minimum Gasteiger partial charge on any atom is -0.377 e. The SMILES string of the molecule is CO[C@@H]1CN(C(=O)C2(NC(=O)c3ccc(N4CCN(C5CCC5)CC4)cc3)CCCCC2)[C@@H]2C(=O)CO[C@@H]21. The molecule has 1 aromatic rings. The Morgan fingerprint density at radius 1 is 1.00 bits per heavy atom.